The Bertz CT molecular complexity index is 938. The highest BCUT2D eigenvalue weighted by Crippen LogP contribution is 2.43. The van der Waals surface area contributed by atoms with Crippen LogP contribution in [0.3, 0.4) is 0 Å². The molecule has 2 aliphatic heterocycles. The van der Waals surface area contributed by atoms with E-state index in [1.165, 1.54) is 10.4 Å². The van der Waals surface area contributed by atoms with Gasteiger partial charge in [-0.1, -0.05) is 12.1 Å². The van der Waals surface area contributed by atoms with Crippen molar-refractivity contribution in [3.63, 3.8) is 0 Å². The van der Waals surface area contributed by atoms with Crippen molar-refractivity contribution in [2.75, 3.05) is 19.7 Å². The molecule has 2 aliphatic rings. The molecule has 0 unspecified atom stereocenters. The lowest BCUT2D eigenvalue weighted by Crippen LogP contribution is -2.48. The van der Waals surface area contributed by atoms with Gasteiger partial charge in [0.2, 0.25) is 0 Å². The van der Waals surface area contributed by atoms with Gasteiger partial charge in [0.05, 0.1) is 17.9 Å². The second kappa shape index (κ2) is 6.62. The van der Waals surface area contributed by atoms with Crippen LogP contribution >= 0.6 is 11.3 Å². The Labute approximate surface area is 162 Å². The molecular formula is C21H21N3O2S. The van der Waals surface area contributed by atoms with E-state index in [0.717, 1.165) is 55.8 Å². The summed E-state index contributed by atoms with van der Waals surface area (Å²) in [5, 5.41) is 9.08. The summed E-state index contributed by atoms with van der Waals surface area (Å²) >= 11 is 1.83. The van der Waals surface area contributed by atoms with Gasteiger partial charge in [-0.3, -0.25) is 9.89 Å². The van der Waals surface area contributed by atoms with Crippen molar-refractivity contribution in [1.82, 2.24) is 15.1 Å². The minimum Gasteiger partial charge on any atom is -0.370 e. The molecule has 5 rings (SSSR count). The van der Waals surface area contributed by atoms with E-state index in [2.05, 4.69) is 21.6 Å². The summed E-state index contributed by atoms with van der Waals surface area (Å²) in [5.41, 5.74) is 3.89. The van der Waals surface area contributed by atoms with Gasteiger partial charge in [-0.25, -0.2) is 0 Å². The summed E-state index contributed by atoms with van der Waals surface area (Å²) in [6.07, 6.45) is 4.48. The molecular weight excluding hydrogens is 358 g/mol. The van der Waals surface area contributed by atoms with Gasteiger partial charge in [0.15, 0.2) is 0 Å². The molecule has 1 spiro atoms. The van der Waals surface area contributed by atoms with E-state index in [9.17, 15) is 4.79 Å². The lowest BCUT2D eigenvalue weighted by Gasteiger charge is -2.44. The number of nitrogens with zero attached hydrogens (tertiary/aromatic N) is 2. The number of likely N-dealkylation sites (tertiary alicyclic amines) is 1. The zero-order chi connectivity index (χ0) is 18.3. The van der Waals surface area contributed by atoms with E-state index < -0.39 is 0 Å². The predicted octanol–water partition coefficient (Wildman–Crippen LogP) is 3.84. The molecule has 0 radical (unpaired) electrons. The van der Waals surface area contributed by atoms with Crippen LogP contribution in [0.25, 0.3) is 11.3 Å². The van der Waals surface area contributed by atoms with E-state index >= 15 is 0 Å². The van der Waals surface area contributed by atoms with Crippen LogP contribution in [0.15, 0.2) is 48.0 Å². The zero-order valence-corrected chi connectivity index (χ0v) is 15.8. The van der Waals surface area contributed by atoms with Crippen LogP contribution in [0.2, 0.25) is 0 Å². The van der Waals surface area contributed by atoms with Crippen LogP contribution in [0, 0.1) is 0 Å². The predicted molar refractivity (Wildman–Crippen MR) is 105 cm³/mol. The number of amides is 1. The van der Waals surface area contributed by atoms with Gasteiger partial charge in [0.1, 0.15) is 0 Å². The minimum absolute atomic E-state index is 0.0994. The number of thiophene rings is 1. The van der Waals surface area contributed by atoms with E-state index in [-0.39, 0.29) is 11.5 Å². The van der Waals surface area contributed by atoms with Gasteiger partial charge in [0, 0.05) is 36.1 Å². The maximum atomic E-state index is 12.9. The molecule has 3 aromatic rings. The standard InChI is InChI=1S/C21H21N3O2S/c25-20(16-3-1-15(2-4-16)18-5-10-22-23-18)24-11-8-21(9-12-24)17-7-14-27-19(17)6-13-26-21/h1-5,7,10,14H,6,8-9,11-13H2,(H,22,23). The first kappa shape index (κ1) is 16.7. The van der Waals surface area contributed by atoms with Crippen LogP contribution in [-0.4, -0.2) is 40.7 Å². The maximum Gasteiger partial charge on any atom is 0.253 e. The zero-order valence-electron chi connectivity index (χ0n) is 15.0. The molecule has 1 fully saturated rings. The van der Waals surface area contributed by atoms with Gasteiger partial charge >= 0.3 is 0 Å². The van der Waals surface area contributed by atoms with Crippen LogP contribution in [0.1, 0.15) is 33.6 Å². The largest absolute Gasteiger partial charge is 0.370 e. The number of carbonyl (C=O) groups is 1. The fraction of sp³-hybridized carbons (Fsp3) is 0.333. The smallest absolute Gasteiger partial charge is 0.253 e. The molecule has 6 heteroatoms. The van der Waals surface area contributed by atoms with Crippen LogP contribution < -0.4 is 0 Å². The topological polar surface area (TPSA) is 58.2 Å². The third-order valence-corrected chi connectivity index (χ3v) is 6.73. The minimum atomic E-state index is -0.186. The first-order chi connectivity index (χ1) is 13.3. The number of piperidine rings is 1. The van der Waals surface area contributed by atoms with Gasteiger partial charge in [0.25, 0.3) is 5.91 Å². The summed E-state index contributed by atoms with van der Waals surface area (Å²) in [6, 6.07) is 11.9. The van der Waals surface area contributed by atoms with E-state index in [4.69, 9.17) is 4.74 Å². The van der Waals surface area contributed by atoms with Crippen molar-refractivity contribution in [3.05, 3.63) is 64.0 Å². The van der Waals surface area contributed by atoms with Gasteiger partial charge in [-0.05, 0) is 53.6 Å². The number of H-pyrrole nitrogens is 1. The highest BCUT2D eigenvalue weighted by molar-refractivity contribution is 7.10. The second-order valence-electron chi connectivity index (χ2n) is 7.19. The Balaban J connectivity index is 1.30. The second-order valence-corrected chi connectivity index (χ2v) is 8.19. The van der Waals surface area contributed by atoms with E-state index in [1.807, 2.05) is 46.6 Å². The molecule has 4 heterocycles. The first-order valence-electron chi connectivity index (χ1n) is 9.35. The molecule has 1 amide bonds. The number of ether oxygens (including phenoxy) is 1. The van der Waals surface area contributed by atoms with E-state index in [1.54, 1.807) is 6.20 Å². The van der Waals surface area contributed by atoms with Crippen molar-refractivity contribution in [1.29, 1.82) is 0 Å². The normalized spacial score (nSPS) is 18.4. The summed E-state index contributed by atoms with van der Waals surface area (Å²) in [5.74, 6) is 0.0994. The van der Waals surface area contributed by atoms with E-state index in [0.29, 0.717) is 0 Å². The number of carbonyl (C=O) groups excluding carboxylic acids is 1. The molecule has 1 N–H and O–H groups in total. The number of benzene rings is 1. The van der Waals surface area contributed by atoms with Crippen molar-refractivity contribution >= 4 is 17.2 Å². The lowest BCUT2D eigenvalue weighted by molar-refractivity contribution is -0.0926. The highest BCUT2D eigenvalue weighted by Gasteiger charge is 2.42. The highest BCUT2D eigenvalue weighted by atomic mass is 32.1. The van der Waals surface area contributed by atoms with Crippen molar-refractivity contribution < 1.29 is 9.53 Å². The average molecular weight is 379 g/mol. The SMILES string of the molecule is O=C(c1ccc(-c2ccn[nH]2)cc1)N1CCC2(CC1)OCCc1sccc12. The summed E-state index contributed by atoms with van der Waals surface area (Å²) in [4.78, 5) is 16.3. The van der Waals surface area contributed by atoms with Gasteiger partial charge in [-0.2, -0.15) is 5.10 Å². The lowest BCUT2D eigenvalue weighted by atomic mass is 9.82. The fourth-order valence-electron chi connectivity index (χ4n) is 4.23. The van der Waals surface area contributed by atoms with Gasteiger partial charge in [-0.15, -0.1) is 11.3 Å². The quantitative estimate of drug-likeness (QED) is 0.736. The Morgan fingerprint density at radius 3 is 2.70 bits per heavy atom. The summed E-state index contributed by atoms with van der Waals surface area (Å²) < 4.78 is 6.24. The molecule has 0 bridgehead atoms. The molecule has 0 atom stereocenters. The average Bonchev–Trinajstić information content (AvgIpc) is 3.41. The van der Waals surface area contributed by atoms with Gasteiger partial charge < -0.3 is 9.64 Å². The van der Waals surface area contributed by atoms with Crippen LogP contribution in [0.5, 0.6) is 0 Å². The number of nitrogens with one attached hydrogen (secondary N) is 1. The van der Waals surface area contributed by atoms with Crippen molar-refractivity contribution in [3.8, 4) is 11.3 Å². The van der Waals surface area contributed by atoms with Crippen molar-refractivity contribution in [2.45, 2.75) is 24.9 Å². The number of rotatable bonds is 2. The Hall–Kier alpha value is -2.44. The molecule has 2 aromatic heterocycles. The Morgan fingerprint density at radius 1 is 1.15 bits per heavy atom. The number of aromatic nitrogens is 2. The monoisotopic (exact) mass is 379 g/mol. The number of hydrogen-bond acceptors (Lipinski definition) is 4. The molecule has 0 aliphatic carbocycles. The summed E-state index contributed by atoms with van der Waals surface area (Å²) in [7, 11) is 0. The number of hydrogen-bond donors (Lipinski definition) is 1. The third-order valence-electron chi connectivity index (χ3n) is 5.75. The maximum absolute atomic E-state index is 12.9. The fourth-order valence-corrected chi connectivity index (χ4v) is 5.18. The Morgan fingerprint density at radius 2 is 1.96 bits per heavy atom. The first-order valence-corrected chi connectivity index (χ1v) is 10.2. The van der Waals surface area contributed by atoms with Crippen molar-refractivity contribution in [2.24, 2.45) is 0 Å². The molecule has 1 aromatic carbocycles. The molecule has 0 saturated carbocycles. The molecule has 5 nitrogen and oxygen atoms in total. The third kappa shape index (κ3) is 2.89. The molecule has 1 saturated heterocycles. The number of aromatic amines is 1. The van der Waals surface area contributed by atoms with Crippen LogP contribution in [0.4, 0.5) is 0 Å². The molecule has 27 heavy (non-hydrogen) atoms. The number of fused-ring (bicyclic) bond motifs is 2. The summed E-state index contributed by atoms with van der Waals surface area (Å²) in [6.45, 7) is 2.25. The van der Waals surface area contributed by atoms with Crippen LogP contribution in [-0.2, 0) is 16.8 Å². The Kier molecular flexibility index (Phi) is 4.10. The molecule has 138 valence electrons.